The summed E-state index contributed by atoms with van der Waals surface area (Å²) >= 11 is 0. The second kappa shape index (κ2) is 11.2. The maximum Gasteiger partial charge on any atom is 0.248 e. The van der Waals surface area contributed by atoms with Gasteiger partial charge in [0.1, 0.15) is 29.3 Å². The lowest BCUT2D eigenvalue weighted by molar-refractivity contribution is -0.133. The Morgan fingerprint density at radius 1 is 1.11 bits per heavy atom. The molecule has 2 N–H and O–H groups in total. The van der Waals surface area contributed by atoms with Crippen molar-refractivity contribution in [2.75, 3.05) is 25.0 Å². The van der Waals surface area contributed by atoms with Crippen molar-refractivity contribution in [2.45, 2.75) is 25.3 Å². The fourth-order valence-corrected chi connectivity index (χ4v) is 4.63. The molecule has 0 aliphatic carbocycles. The van der Waals surface area contributed by atoms with Gasteiger partial charge in [-0.3, -0.25) is 9.59 Å². The lowest BCUT2D eigenvalue weighted by Crippen LogP contribution is -2.41. The molecule has 4 aromatic rings. The van der Waals surface area contributed by atoms with Crippen LogP contribution in [0.4, 0.5) is 5.82 Å². The third-order valence-corrected chi connectivity index (χ3v) is 6.44. The van der Waals surface area contributed by atoms with E-state index in [0.29, 0.717) is 41.4 Å². The Balaban J connectivity index is 1.54. The summed E-state index contributed by atoms with van der Waals surface area (Å²) in [5.41, 5.74) is 1.95. The molecule has 1 fully saturated rings. The number of hydrogen-bond acceptors (Lipinski definition) is 7. The number of amides is 2. The van der Waals surface area contributed by atoms with Crippen LogP contribution in [0.1, 0.15) is 25.3 Å². The number of aliphatic hydroxyl groups is 1. The smallest absolute Gasteiger partial charge is 0.248 e. The molecule has 0 radical (unpaired) electrons. The third kappa shape index (κ3) is 5.25. The zero-order chi connectivity index (χ0) is 26.5. The lowest BCUT2D eigenvalue weighted by atomic mass is 10.1. The Bertz CT molecular complexity index is 1450. The van der Waals surface area contributed by atoms with Crippen LogP contribution < -0.4 is 10.1 Å². The Morgan fingerprint density at radius 3 is 2.61 bits per heavy atom. The number of hydrogen-bond donors (Lipinski definition) is 2. The molecule has 2 aromatic carbocycles. The van der Waals surface area contributed by atoms with E-state index in [0.717, 1.165) is 24.2 Å². The maximum absolute atomic E-state index is 12.5. The molecule has 2 amide bonds. The van der Waals surface area contributed by atoms with Gasteiger partial charge in [0.2, 0.25) is 11.8 Å². The van der Waals surface area contributed by atoms with E-state index in [1.54, 1.807) is 4.90 Å². The molecule has 10 nitrogen and oxygen atoms in total. The van der Waals surface area contributed by atoms with Crippen LogP contribution in [0.2, 0.25) is 0 Å². The number of fused-ring (bicyclic) bond motifs is 1. The van der Waals surface area contributed by atoms with Crippen molar-refractivity contribution in [1.29, 1.82) is 0 Å². The Labute approximate surface area is 219 Å². The fourth-order valence-electron chi connectivity index (χ4n) is 4.63. The van der Waals surface area contributed by atoms with Crippen LogP contribution in [0.25, 0.3) is 22.3 Å². The first kappa shape index (κ1) is 25.1. The van der Waals surface area contributed by atoms with Gasteiger partial charge in [-0.1, -0.05) is 24.8 Å². The van der Waals surface area contributed by atoms with Gasteiger partial charge in [-0.05, 0) is 55.3 Å². The summed E-state index contributed by atoms with van der Waals surface area (Å²) in [6.45, 7) is 4.45. The largest absolute Gasteiger partial charge is 0.457 e. The van der Waals surface area contributed by atoms with E-state index in [4.69, 9.17) is 9.84 Å². The molecule has 1 aliphatic heterocycles. The molecule has 1 saturated heterocycles. The number of rotatable bonds is 8. The van der Waals surface area contributed by atoms with Crippen LogP contribution in [0.3, 0.4) is 0 Å². The third-order valence-electron chi connectivity index (χ3n) is 6.44. The predicted molar refractivity (Wildman–Crippen MR) is 143 cm³/mol. The van der Waals surface area contributed by atoms with Crippen LogP contribution in [0, 0.1) is 0 Å². The molecule has 1 unspecified atom stereocenters. The molecule has 1 aliphatic rings. The maximum atomic E-state index is 12.5. The van der Waals surface area contributed by atoms with Gasteiger partial charge in [0.15, 0.2) is 5.65 Å². The number of anilines is 1. The van der Waals surface area contributed by atoms with Crippen molar-refractivity contribution in [1.82, 2.24) is 24.6 Å². The minimum Gasteiger partial charge on any atom is -0.457 e. The van der Waals surface area contributed by atoms with Crippen molar-refractivity contribution in [3.8, 4) is 22.8 Å². The number of ether oxygens (including phenoxy) is 1. The van der Waals surface area contributed by atoms with Crippen LogP contribution in [0.5, 0.6) is 11.5 Å². The highest BCUT2D eigenvalue weighted by molar-refractivity contribution is 6.07. The zero-order valence-corrected chi connectivity index (χ0v) is 20.8. The molecule has 194 valence electrons. The number of piperidine rings is 1. The minimum atomic E-state index is -0.395. The fraction of sp³-hybridized carbons (Fsp3) is 0.250. The number of nitrogens with zero attached hydrogens (tertiary/aromatic N) is 5. The molecule has 5 rings (SSSR count). The molecule has 0 bridgehead atoms. The second-order valence-corrected chi connectivity index (χ2v) is 8.96. The summed E-state index contributed by atoms with van der Waals surface area (Å²) < 4.78 is 7.75. The first-order valence-corrected chi connectivity index (χ1v) is 12.5. The highest BCUT2D eigenvalue weighted by Crippen LogP contribution is 2.35. The topological polar surface area (TPSA) is 122 Å². The highest BCUT2D eigenvalue weighted by Gasteiger charge is 2.29. The summed E-state index contributed by atoms with van der Waals surface area (Å²) in [4.78, 5) is 35.3. The predicted octanol–water partition coefficient (Wildman–Crippen LogP) is 3.96. The number of nitrogens with one attached hydrogen (secondary N) is 1. The number of likely N-dealkylation sites (tertiary alicyclic amines) is 1. The van der Waals surface area contributed by atoms with Gasteiger partial charge in [0.25, 0.3) is 0 Å². The number of para-hydroxylation sites is 1. The van der Waals surface area contributed by atoms with Crippen molar-refractivity contribution in [3.63, 3.8) is 0 Å². The van der Waals surface area contributed by atoms with Gasteiger partial charge in [-0.25, -0.2) is 14.6 Å². The van der Waals surface area contributed by atoms with Crippen molar-refractivity contribution in [3.05, 3.63) is 73.6 Å². The summed E-state index contributed by atoms with van der Waals surface area (Å²) in [5, 5.41) is 17.5. The number of benzene rings is 2. The molecule has 0 saturated carbocycles. The van der Waals surface area contributed by atoms with E-state index >= 15 is 0 Å². The number of aliphatic hydroxyl groups excluding tert-OH is 1. The van der Waals surface area contributed by atoms with Crippen LogP contribution in [0.15, 0.2) is 73.6 Å². The quantitative estimate of drug-likeness (QED) is 0.343. The van der Waals surface area contributed by atoms with E-state index in [2.05, 4.69) is 21.9 Å². The van der Waals surface area contributed by atoms with Crippen molar-refractivity contribution in [2.24, 2.45) is 0 Å². The van der Waals surface area contributed by atoms with E-state index in [-0.39, 0.29) is 25.0 Å². The Morgan fingerprint density at radius 2 is 1.87 bits per heavy atom. The second-order valence-electron chi connectivity index (χ2n) is 8.96. The molecular formula is C28H28N6O4. The molecule has 1 atom stereocenters. The Hall–Kier alpha value is -4.57. The van der Waals surface area contributed by atoms with Gasteiger partial charge >= 0.3 is 0 Å². The normalized spacial score (nSPS) is 15.3. The van der Waals surface area contributed by atoms with Crippen LogP contribution in [-0.4, -0.2) is 61.3 Å². The zero-order valence-electron chi connectivity index (χ0n) is 20.8. The van der Waals surface area contributed by atoms with Gasteiger partial charge in [-0.2, -0.15) is 5.10 Å². The van der Waals surface area contributed by atoms with E-state index < -0.39 is 5.91 Å². The molecule has 38 heavy (non-hydrogen) atoms. The van der Waals surface area contributed by atoms with E-state index in [1.807, 2.05) is 59.3 Å². The van der Waals surface area contributed by atoms with Gasteiger partial charge in [0.05, 0.1) is 18.0 Å². The molecule has 10 heteroatoms. The summed E-state index contributed by atoms with van der Waals surface area (Å²) in [6.07, 6.45) is 4.27. The monoisotopic (exact) mass is 512 g/mol. The lowest BCUT2D eigenvalue weighted by Gasteiger charge is -2.33. The highest BCUT2D eigenvalue weighted by atomic mass is 16.5. The summed E-state index contributed by atoms with van der Waals surface area (Å²) in [6, 6.07) is 16.9. The van der Waals surface area contributed by atoms with Crippen LogP contribution in [-0.2, 0) is 9.59 Å². The van der Waals surface area contributed by atoms with Gasteiger partial charge in [-0.15, -0.1) is 0 Å². The average molecular weight is 513 g/mol. The summed E-state index contributed by atoms with van der Waals surface area (Å²) in [7, 11) is 0. The summed E-state index contributed by atoms with van der Waals surface area (Å²) in [5.74, 6) is 1.25. The first-order valence-electron chi connectivity index (χ1n) is 12.5. The number of carbonyl (C=O) groups is 2. The Kier molecular flexibility index (Phi) is 7.41. The van der Waals surface area contributed by atoms with Gasteiger partial charge in [0, 0.05) is 25.1 Å². The molecule has 2 aromatic heterocycles. The van der Waals surface area contributed by atoms with Crippen molar-refractivity contribution < 1.29 is 19.4 Å². The molecular weight excluding hydrogens is 484 g/mol. The van der Waals surface area contributed by atoms with Gasteiger partial charge < -0.3 is 20.1 Å². The number of carbonyl (C=O) groups excluding carboxylic acids is 2. The molecule has 0 spiro atoms. The van der Waals surface area contributed by atoms with Crippen LogP contribution >= 0.6 is 0 Å². The molecule has 3 heterocycles. The standard InChI is InChI=1S/C28H28N6O4/c1-2-23(36)31-27-25-26(19-10-12-22(13-11-19)38-21-8-4-3-5-9-21)32-34(28(25)30-18-29-27)20-7-6-15-33(17-20)24(37)14-16-35/h2-5,8-13,18,20,35H,1,6-7,14-17H2,(H,29,30,31,36). The van der Waals surface area contributed by atoms with E-state index in [1.165, 1.54) is 12.4 Å². The number of aromatic nitrogens is 4. The first-order chi connectivity index (χ1) is 18.6. The average Bonchev–Trinajstić information content (AvgIpc) is 3.35. The SMILES string of the molecule is C=CC(=O)Nc1ncnc2c1c(-c1ccc(Oc3ccccc3)cc1)nn2C1CCCN(C(=O)CCO)C1. The van der Waals surface area contributed by atoms with E-state index in [9.17, 15) is 14.7 Å². The van der Waals surface area contributed by atoms with Crippen molar-refractivity contribution >= 4 is 28.7 Å². The minimum absolute atomic E-state index is 0.0866.